The molecule has 0 aromatic rings. The van der Waals surface area contributed by atoms with E-state index in [4.69, 9.17) is 15.7 Å². The van der Waals surface area contributed by atoms with Gasteiger partial charge in [0.2, 0.25) is 5.91 Å². The Balaban J connectivity index is 1.80. The van der Waals surface area contributed by atoms with Gasteiger partial charge in [0.25, 0.3) is 0 Å². The maximum atomic E-state index is 12.0. The van der Waals surface area contributed by atoms with Crippen LogP contribution in [0.4, 0.5) is 0 Å². The first-order valence-corrected chi connectivity index (χ1v) is 7.09. The maximum Gasteiger partial charge on any atom is 0.222 e. The summed E-state index contributed by atoms with van der Waals surface area (Å²) in [5.41, 5.74) is 5.65. The van der Waals surface area contributed by atoms with Gasteiger partial charge in [0.1, 0.15) is 5.84 Å². The first-order chi connectivity index (χ1) is 9.20. The fraction of sp³-hybridized carbons (Fsp3) is 0.846. The number of amidine groups is 1. The van der Waals surface area contributed by atoms with Crippen molar-refractivity contribution in [1.82, 2.24) is 5.32 Å². The van der Waals surface area contributed by atoms with Gasteiger partial charge in [-0.3, -0.25) is 4.79 Å². The van der Waals surface area contributed by atoms with Crippen molar-refractivity contribution in [2.45, 2.75) is 57.1 Å². The Morgan fingerprint density at radius 3 is 2.84 bits per heavy atom. The molecule has 1 saturated carbocycles. The number of amides is 1. The zero-order chi connectivity index (χ0) is 13.7. The number of oxime groups is 1. The molecule has 6 nitrogen and oxygen atoms in total. The van der Waals surface area contributed by atoms with Crippen LogP contribution in [0.25, 0.3) is 0 Å². The van der Waals surface area contributed by atoms with Crippen LogP contribution in [-0.4, -0.2) is 35.7 Å². The van der Waals surface area contributed by atoms with Crippen LogP contribution in [0, 0.1) is 5.92 Å². The van der Waals surface area contributed by atoms with Crippen LogP contribution in [0.15, 0.2) is 5.16 Å². The lowest BCUT2D eigenvalue weighted by atomic mass is 10.0. The summed E-state index contributed by atoms with van der Waals surface area (Å²) in [5, 5.41) is 14.8. The summed E-state index contributed by atoms with van der Waals surface area (Å²) >= 11 is 0. The highest BCUT2D eigenvalue weighted by atomic mass is 16.5. The summed E-state index contributed by atoms with van der Waals surface area (Å²) < 4.78 is 5.56. The third-order valence-electron chi connectivity index (χ3n) is 4.04. The van der Waals surface area contributed by atoms with Gasteiger partial charge in [-0.05, 0) is 32.1 Å². The van der Waals surface area contributed by atoms with Gasteiger partial charge in [-0.1, -0.05) is 11.6 Å². The average Bonchev–Trinajstić information content (AvgIpc) is 2.87. The molecule has 0 bridgehead atoms. The molecule has 6 heteroatoms. The van der Waals surface area contributed by atoms with Crippen molar-refractivity contribution < 1.29 is 14.7 Å². The smallest absolute Gasteiger partial charge is 0.222 e. The average molecular weight is 269 g/mol. The van der Waals surface area contributed by atoms with Crippen LogP contribution in [0.3, 0.4) is 0 Å². The summed E-state index contributed by atoms with van der Waals surface area (Å²) in [6.45, 7) is 0.758. The highest BCUT2D eigenvalue weighted by molar-refractivity contribution is 5.84. The van der Waals surface area contributed by atoms with E-state index in [9.17, 15) is 4.79 Å². The number of nitrogens with one attached hydrogen (secondary N) is 1. The quantitative estimate of drug-likeness (QED) is 0.307. The van der Waals surface area contributed by atoms with Gasteiger partial charge in [0.05, 0.1) is 12.5 Å². The van der Waals surface area contributed by atoms with E-state index in [-0.39, 0.29) is 29.8 Å². The molecule has 0 aromatic carbocycles. The zero-order valence-corrected chi connectivity index (χ0v) is 11.2. The van der Waals surface area contributed by atoms with Crippen molar-refractivity contribution >= 4 is 11.7 Å². The van der Waals surface area contributed by atoms with Gasteiger partial charge in [-0.15, -0.1) is 0 Å². The van der Waals surface area contributed by atoms with Crippen molar-refractivity contribution in [3.8, 4) is 0 Å². The van der Waals surface area contributed by atoms with E-state index in [1.807, 2.05) is 0 Å². The van der Waals surface area contributed by atoms with E-state index < -0.39 is 0 Å². The van der Waals surface area contributed by atoms with E-state index in [1.165, 1.54) is 0 Å². The van der Waals surface area contributed by atoms with Crippen LogP contribution in [0.2, 0.25) is 0 Å². The predicted molar refractivity (Wildman–Crippen MR) is 70.9 cm³/mol. The van der Waals surface area contributed by atoms with Gasteiger partial charge in [0, 0.05) is 18.6 Å². The van der Waals surface area contributed by atoms with Gasteiger partial charge in [-0.25, -0.2) is 0 Å². The molecule has 1 amide bonds. The van der Waals surface area contributed by atoms with E-state index in [2.05, 4.69) is 10.5 Å². The van der Waals surface area contributed by atoms with Crippen LogP contribution in [-0.2, 0) is 9.53 Å². The van der Waals surface area contributed by atoms with E-state index >= 15 is 0 Å². The Kier molecular flexibility index (Phi) is 5.01. The molecule has 0 spiro atoms. The number of nitrogens with two attached hydrogens (primary N) is 1. The number of rotatable bonds is 4. The molecule has 108 valence electrons. The Morgan fingerprint density at radius 1 is 1.32 bits per heavy atom. The Hall–Kier alpha value is -1.30. The second-order valence-corrected chi connectivity index (χ2v) is 5.43. The summed E-state index contributed by atoms with van der Waals surface area (Å²) in [5.74, 6) is 0.187. The minimum absolute atomic E-state index is 0.00742. The van der Waals surface area contributed by atoms with Gasteiger partial charge < -0.3 is 21.0 Å². The van der Waals surface area contributed by atoms with Crippen LogP contribution in [0.1, 0.15) is 44.9 Å². The second kappa shape index (κ2) is 6.75. The molecule has 1 aliphatic heterocycles. The highest BCUT2D eigenvalue weighted by Gasteiger charge is 2.32. The number of hydrogen-bond donors (Lipinski definition) is 3. The molecule has 0 aromatic heterocycles. The normalized spacial score (nSPS) is 32.2. The molecule has 2 rings (SSSR count). The SMILES string of the molecule is NC(=NO)C1CCCC1NC(=O)CC1CCCCO1. The van der Waals surface area contributed by atoms with Crippen LogP contribution < -0.4 is 11.1 Å². The van der Waals surface area contributed by atoms with Crippen LogP contribution in [0.5, 0.6) is 0 Å². The highest BCUT2D eigenvalue weighted by Crippen LogP contribution is 2.26. The summed E-state index contributed by atoms with van der Waals surface area (Å²) in [6, 6.07) is -0.00742. The van der Waals surface area contributed by atoms with Crippen molar-refractivity contribution in [2.75, 3.05) is 6.61 Å². The first kappa shape index (κ1) is 14.1. The summed E-state index contributed by atoms with van der Waals surface area (Å²) in [7, 11) is 0. The number of hydrogen-bond acceptors (Lipinski definition) is 4. The van der Waals surface area contributed by atoms with E-state index in [1.54, 1.807) is 0 Å². The largest absolute Gasteiger partial charge is 0.409 e. The summed E-state index contributed by atoms with van der Waals surface area (Å²) in [4.78, 5) is 12.0. The molecular formula is C13H23N3O3. The molecule has 19 heavy (non-hydrogen) atoms. The van der Waals surface area contributed by atoms with Crippen LogP contribution >= 0.6 is 0 Å². The number of carbonyl (C=O) groups is 1. The number of carbonyl (C=O) groups excluding carboxylic acids is 1. The molecule has 1 aliphatic carbocycles. The zero-order valence-electron chi connectivity index (χ0n) is 11.2. The minimum atomic E-state index is -0.0405. The fourth-order valence-electron chi connectivity index (χ4n) is 3.00. The van der Waals surface area contributed by atoms with Gasteiger partial charge in [-0.2, -0.15) is 0 Å². The molecule has 2 fully saturated rings. The predicted octanol–water partition coefficient (Wildman–Crippen LogP) is 0.977. The number of ether oxygens (including phenoxy) is 1. The fourth-order valence-corrected chi connectivity index (χ4v) is 3.00. The standard InChI is InChI=1S/C13H23N3O3/c14-13(16-18)10-5-3-6-11(10)15-12(17)8-9-4-1-2-7-19-9/h9-11,18H,1-8H2,(H2,14,16)(H,15,17). The molecule has 1 heterocycles. The molecule has 2 aliphatic rings. The van der Waals surface area contributed by atoms with E-state index in [0.717, 1.165) is 45.1 Å². The van der Waals surface area contributed by atoms with Crippen molar-refractivity contribution in [1.29, 1.82) is 0 Å². The lowest BCUT2D eigenvalue weighted by Gasteiger charge is -2.24. The minimum Gasteiger partial charge on any atom is -0.409 e. The molecule has 1 saturated heterocycles. The monoisotopic (exact) mass is 269 g/mol. The molecule has 0 radical (unpaired) electrons. The topological polar surface area (TPSA) is 96.9 Å². The molecule has 3 unspecified atom stereocenters. The Bertz CT molecular complexity index is 340. The second-order valence-electron chi connectivity index (χ2n) is 5.43. The van der Waals surface area contributed by atoms with Crippen molar-refractivity contribution in [3.05, 3.63) is 0 Å². The van der Waals surface area contributed by atoms with Gasteiger partial charge >= 0.3 is 0 Å². The third kappa shape index (κ3) is 3.83. The van der Waals surface area contributed by atoms with E-state index in [0.29, 0.717) is 6.42 Å². The third-order valence-corrected chi connectivity index (χ3v) is 4.04. The lowest BCUT2D eigenvalue weighted by molar-refractivity contribution is -0.125. The van der Waals surface area contributed by atoms with Crippen molar-refractivity contribution in [2.24, 2.45) is 16.8 Å². The molecule has 3 atom stereocenters. The first-order valence-electron chi connectivity index (χ1n) is 7.09. The maximum absolute atomic E-state index is 12.0. The lowest BCUT2D eigenvalue weighted by Crippen LogP contribution is -2.43. The number of nitrogens with zero attached hydrogens (tertiary/aromatic N) is 1. The Labute approximate surface area is 113 Å². The summed E-state index contributed by atoms with van der Waals surface area (Å²) in [6.07, 6.45) is 6.39. The molecule has 4 N–H and O–H groups in total. The van der Waals surface area contributed by atoms with Crippen molar-refractivity contribution in [3.63, 3.8) is 0 Å². The Morgan fingerprint density at radius 2 is 2.16 bits per heavy atom. The van der Waals surface area contributed by atoms with Gasteiger partial charge in [0.15, 0.2) is 0 Å². The molecular weight excluding hydrogens is 246 g/mol.